The Morgan fingerprint density at radius 2 is 2.11 bits per heavy atom. The second kappa shape index (κ2) is 6.62. The highest BCUT2D eigenvalue weighted by molar-refractivity contribution is 6.37. The minimum Gasteiger partial charge on any atom is -0.489 e. The number of benzene rings is 1. The second-order valence-electron chi connectivity index (χ2n) is 4.56. The van der Waals surface area contributed by atoms with E-state index in [0.717, 1.165) is 26.2 Å². The van der Waals surface area contributed by atoms with Crippen LogP contribution in [0.3, 0.4) is 0 Å². The lowest BCUT2D eigenvalue weighted by Crippen LogP contribution is -2.50. The minimum absolute atomic E-state index is 0.544. The molecule has 100 valence electrons. The number of rotatable bonds is 4. The fraction of sp³-hybridized carbons (Fsp3) is 0.538. The van der Waals surface area contributed by atoms with Crippen molar-refractivity contribution >= 4 is 23.2 Å². The molecule has 1 aromatic rings. The van der Waals surface area contributed by atoms with Gasteiger partial charge < -0.3 is 10.1 Å². The van der Waals surface area contributed by atoms with Crippen molar-refractivity contribution in [1.82, 2.24) is 10.2 Å². The summed E-state index contributed by atoms with van der Waals surface area (Å²) in [5.41, 5.74) is 0. The van der Waals surface area contributed by atoms with Crippen molar-refractivity contribution in [3.8, 4) is 5.75 Å². The van der Waals surface area contributed by atoms with Crippen LogP contribution in [-0.4, -0.2) is 43.7 Å². The van der Waals surface area contributed by atoms with E-state index in [1.807, 2.05) is 6.07 Å². The first-order valence-electron chi connectivity index (χ1n) is 6.19. The number of hydrogen-bond acceptors (Lipinski definition) is 3. The molecule has 0 bridgehead atoms. The number of nitrogens with zero attached hydrogens (tertiary/aromatic N) is 1. The van der Waals surface area contributed by atoms with E-state index in [-0.39, 0.29) is 0 Å². The van der Waals surface area contributed by atoms with Gasteiger partial charge in [0.15, 0.2) is 5.75 Å². The molecule has 0 saturated carbocycles. The summed E-state index contributed by atoms with van der Waals surface area (Å²) in [6, 6.07) is 5.93. The van der Waals surface area contributed by atoms with Crippen LogP contribution in [0.1, 0.15) is 6.92 Å². The van der Waals surface area contributed by atoms with E-state index < -0.39 is 0 Å². The Morgan fingerprint density at radius 3 is 2.78 bits per heavy atom. The smallest absolute Gasteiger partial charge is 0.156 e. The normalized spacial score (nSPS) is 20.9. The molecule has 1 aromatic carbocycles. The Morgan fingerprint density at radius 1 is 1.39 bits per heavy atom. The van der Waals surface area contributed by atoms with E-state index in [9.17, 15) is 0 Å². The van der Waals surface area contributed by atoms with Crippen molar-refractivity contribution in [3.63, 3.8) is 0 Å². The second-order valence-corrected chi connectivity index (χ2v) is 5.37. The maximum atomic E-state index is 6.04. The lowest BCUT2D eigenvalue weighted by atomic mass is 10.2. The molecule has 0 aromatic heterocycles. The third-order valence-electron chi connectivity index (χ3n) is 3.03. The average Bonchev–Trinajstić information content (AvgIpc) is 2.33. The first-order valence-corrected chi connectivity index (χ1v) is 6.95. The van der Waals surface area contributed by atoms with Gasteiger partial charge in [-0.1, -0.05) is 29.3 Å². The summed E-state index contributed by atoms with van der Waals surface area (Å²) in [4.78, 5) is 2.38. The van der Waals surface area contributed by atoms with Crippen molar-refractivity contribution in [2.75, 3.05) is 32.8 Å². The fourth-order valence-corrected chi connectivity index (χ4v) is 2.62. The lowest BCUT2D eigenvalue weighted by Gasteiger charge is -2.31. The fourth-order valence-electron chi connectivity index (χ4n) is 2.11. The standard InChI is InChI=1S/C13H18Cl2N2O/c1-10-9-17(6-5-16-10)7-8-18-13-11(14)3-2-4-12(13)15/h2-4,10,16H,5-9H2,1H3/t10-/m0/s1. The molecular formula is C13H18Cl2N2O. The van der Waals surface area contributed by atoms with Crippen LogP contribution in [0, 0.1) is 0 Å². The summed E-state index contributed by atoms with van der Waals surface area (Å²) >= 11 is 12.1. The van der Waals surface area contributed by atoms with Gasteiger partial charge in [-0.25, -0.2) is 0 Å². The largest absolute Gasteiger partial charge is 0.489 e. The summed E-state index contributed by atoms with van der Waals surface area (Å²) in [5, 5.41) is 4.55. The highest BCUT2D eigenvalue weighted by Gasteiger charge is 2.15. The SMILES string of the molecule is C[C@H]1CN(CCOc2c(Cl)cccc2Cl)CCN1. The number of nitrogens with one attached hydrogen (secondary N) is 1. The zero-order valence-electron chi connectivity index (χ0n) is 10.5. The van der Waals surface area contributed by atoms with Gasteiger partial charge >= 0.3 is 0 Å². The number of para-hydroxylation sites is 1. The monoisotopic (exact) mass is 288 g/mol. The summed E-state index contributed by atoms with van der Waals surface area (Å²) in [5.74, 6) is 0.587. The lowest BCUT2D eigenvalue weighted by molar-refractivity contribution is 0.170. The van der Waals surface area contributed by atoms with Gasteiger partial charge in [0.05, 0.1) is 10.0 Å². The summed E-state index contributed by atoms with van der Waals surface area (Å²) in [7, 11) is 0. The van der Waals surface area contributed by atoms with Crippen molar-refractivity contribution in [2.45, 2.75) is 13.0 Å². The van der Waals surface area contributed by atoms with Crippen molar-refractivity contribution in [2.24, 2.45) is 0 Å². The third-order valence-corrected chi connectivity index (χ3v) is 3.62. The van der Waals surface area contributed by atoms with E-state index >= 15 is 0 Å². The van der Waals surface area contributed by atoms with Crippen LogP contribution in [0.4, 0.5) is 0 Å². The highest BCUT2D eigenvalue weighted by Crippen LogP contribution is 2.32. The number of halogens is 2. The van der Waals surface area contributed by atoms with Crippen LogP contribution in [0.2, 0.25) is 10.0 Å². The van der Waals surface area contributed by atoms with E-state index in [1.165, 1.54) is 0 Å². The molecule has 1 aliphatic heterocycles. The van der Waals surface area contributed by atoms with E-state index in [4.69, 9.17) is 27.9 Å². The van der Waals surface area contributed by atoms with Crippen LogP contribution >= 0.6 is 23.2 Å². The molecule has 2 rings (SSSR count). The van der Waals surface area contributed by atoms with Crippen LogP contribution in [-0.2, 0) is 0 Å². The van der Waals surface area contributed by atoms with Crippen LogP contribution < -0.4 is 10.1 Å². The predicted molar refractivity (Wildman–Crippen MR) is 75.9 cm³/mol. The van der Waals surface area contributed by atoms with Crippen molar-refractivity contribution in [1.29, 1.82) is 0 Å². The first kappa shape index (κ1) is 13.9. The van der Waals surface area contributed by atoms with Gasteiger partial charge in [0.25, 0.3) is 0 Å². The van der Waals surface area contributed by atoms with Crippen molar-refractivity contribution in [3.05, 3.63) is 28.2 Å². The molecule has 1 atom stereocenters. The summed E-state index contributed by atoms with van der Waals surface area (Å²) < 4.78 is 5.68. The van der Waals surface area contributed by atoms with Gasteiger partial charge in [-0.2, -0.15) is 0 Å². The van der Waals surface area contributed by atoms with E-state index in [2.05, 4.69) is 17.1 Å². The Kier molecular flexibility index (Phi) is 5.13. The Bertz CT molecular complexity index is 380. The quantitative estimate of drug-likeness (QED) is 0.922. The third kappa shape index (κ3) is 3.75. The molecule has 0 aliphatic carbocycles. The number of ether oxygens (including phenoxy) is 1. The maximum absolute atomic E-state index is 6.04. The van der Waals surface area contributed by atoms with Gasteiger partial charge in [0.1, 0.15) is 6.61 Å². The van der Waals surface area contributed by atoms with Crippen molar-refractivity contribution < 1.29 is 4.74 Å². The zero-order valence-corrected chi connectivity index (χ0v) is 12.0. The molecule has 1 N–H and O–H groups in total. The molecule has 18 heavy (non-hydrogen) atoms. The molecule has 3 nitrogen and oxygen atoms in total. The Balaban J connectivity index is 1.81. The van der Waals surface area contributed by atoms with Crippen LogP contribution in [0.25, 0.3) is 0 Å². The summed E-state index contributed by atoms with van der Waals surface area (Å²) in [6.07, 6.45) is 0. The van der Waals surface area contributed by atoms with Gasteiger partial charge in [0.2, 0.25) is 0 Å². The van der Waals surface area contributed by atoms with Gasteiger partial charge in [-0.3, -0.25) is 4.90 Å². The zero-order chi connectivity index (χ0) is 13.0. The number of piperazine rings is 1. The number of hydrogen-bond donors (Lipinski definition) is 1. The molecule has 0 unspecified atom stereocenters. The molecule has 0 amide bonds. The van der Waals surface area contributed by atoms with Gasteiger partial charge in [-0.05, 0) is 19.1 Å². The summed E-state index contributed by atoms with van der Waals surface area (Å²) in [6.45, 7) is 6.85. The maximum Gasteiger partial charge on any atom is 0.156 e. The Hall–Kier alpha value is -0.480. The molecule has 5 heteroatoms. The highest BCUT2D eigenvalue weighted by atomic mass is 35.5. The van der Waals surface area contributed by atoms with Gasteiger partial charge in [-0.15, -0.1) is 0 Å². The molecule has 1 aliphatic rings. The molecular weight excluding hydrogens is 271 g/mol. The first-order chi connectivity index (χ1) is 8.66. The molecule has 1 saturated heterocycles. The molecule has 1 heterocycles. The molecule has 0 spiro atoms. The topological polar surface area (TPSA) is 24.5 Å². The van der Waals surface area contributed by atoms with Crippen LogP contribution in [0.5, 0.6) is 5.75 Å². The average molecular weight is 289 g/mol. The van der Waals surface area contributed by atoms with Crippen LogP contribution in [0.15, 0.2) is 18.2 Å². The van der Waals surface area contributed by atoms with E-state index in [0.29, 0.717) is 28.4 Å². The van der Waals surface area contributed by atoms with E-state index in [1.54, 1.807) is 12.1 Å². The molecule has 0 radical (unpaired) electrons. The Labute approximate surface area is 118 Å². The van der Waals surface area contributed by atoms with Gasteiger partial charge in [0, 0.05) is 32.2 Å². The molecule has 1 fully saturated rings. The predicted octanol–water partition coefficient (Wildman–Crippen LogP) is 2.67. The minimum atomic E-state index is 0.544.